The van der Waals surface area contributed by atoms with Gasteiger partial charge in [0.05, 0.1) is 18.3 Å². The summed E-state index contributed by atoms with van der Waals surface area (Å²) in [5, 5.41) is 1.91. The molecule has 0 aliphatic heterocycles. The summed E-state index contributed by atoms with van der Waals surface area (Å²) in [5.74, 6) is -8.24. The summed E-state index contributed by atoms with van der Waals surface area (Å²) in [4.78, 5) is 28.9. The van der Waals surface area contributed by atoms with E-state index in [0.29, 0.717) is 0 Å². The lowest BCUT2D eigenvalue weighted by molar-refractivity contribution is -0.128. The molecule has 2 N–H and O–H groups in total. The molecular formula is C21H18F4N2O4. The molecule has 0 saturated carbocycles. The zero-order chi connectivity index (χ0) is 25.3. The Kier molecular flexibility index (Phi) is 5.19. The minimum Gasteiger partial charge on any atom is -0.497 e. The molecule has 10 heteroatoms. The van der Waals surface area contributed by atoms with E-state index in [-0.39, 0.29) is 16.9 Å². The minimum atomic E-state index is -3.39. The van der Waals surface area contributed by atoms with Gasteiger partial charge in [-0.1, -0.05) is 12.1 Å². The maximum atomic E-state index is 14.7. The highest BCUT2D eigenvalue weighted by Crippen LogP contribution is 2.40. The second-order valence-electron chi connectivity index (χ2n) is 6.70. The summed E-state index contributed by atoms with van der Waals surface area (Å²) in [7, 11) is -1.66. The highest BCUT2D eigenvalue weighted by atomic mass is 19.3. The molecule has 3 rings (SSSR count). The maximum absolute atomic E-state index is 14.7. The topological polar surface area (TPSA) is 76.7 Å². The number of halogens is 4. The van der Waals surface area contributed by atoms with Crippen molar-refractivity contribution in [1.29, 1.82) is 0 Å². The fourth-order valence-corrected chi connectivity index (χ4v) is 3.17. The van der Waals surface area contributed by atoms with Crippen molar-refractivity contribution in [2.24, 2.45) is 0 Å². The summed E-state index contributed by atoms with van der Waals surface area (Å²) in [6.07, 6.45) is -2.13. The number of carbonyl (C=O) groups excluding carboxylic acids is 2. The Balaban J connectivity index is 1.89. The summed E-state index contributed by atoms with van der Waals surface area (Å²) < 4.78 is 83.3. The van der Waals surface area contributed by atoms with Crippen molar-refractivity contribution >= 4 is 17.5 Å². The van der Waals surface area contributed by atoms with Gasteiger partial charge in [0.1, 0.15) is 23.1 Å². The van der Waals surface area contributed by atoms with Crippen LogP contribution < -0.4 is 15.5 Å². The van der Waals surface area contributed by atoms with Gasteiger partial charge in [-0.25, -0.2) is 23.0 Å². The molecule has 0 saturated heterocycles. The Bertz CT molecular complexity index is 1150. The van der Waals surface area contributed by atoms with Crippen LogP contribution in [0.1, 0.15) is 17.0 Å². The van der Waals surface area contributed by atoms with Gasteiger partial charge in [0.2, 0.25) is 0 Å². The van der Waals surface area contributed by atoms with E-state index in [9.17, 15) is 27.2 Å². The van der Waals surface area contributed by atoms with Crippen molar-refractivity contribution in [3.05, 3.63) is 59.2 Å². The number of alkyl halides is 2. The van der Waals surface area contributed by atoms with Crippen LogP contribution in [-0.4, -0.2) is 31.9 Å². The van der Waals surface area contributed by atoms with Gasteiger partial charge in [0.15, 0.2) is 0 Å². The quantitative estimate of drug-likeness (QED) is 0.525. The molecule has 164 valence electrons. The van der Waals surface area contributed by atoms with E-state index in [1.807, 2.05) is 10.8 Å². The van der Waals surface area contributed by atoms with Crippen molar-refractivity contribution in [3.8, 4) is 16.9 Å². The van der Waals surface area contributed by atoms with Crippen molar-refractivity contribution < 1.29 is 40.8 Å². The number of hydrogen-bond donors (Lipinski definition) is 2. The first-order chi connectivity index (χ1) is 15.8. The summed E-state index contributed by atoms with van der Waals surface area (Å²) in [6.45, 7) is 0. The summed E-state index contributed by atoms with van der Waals surface area (Å²) in [5.41, 5.74) is -0.0447. The van der Waals surface area contributed by atoms with Gasteiger partial charge in [0.25, 0.3) is 17.7 Å². The molecule has 0 bridgehead atoms. The van der Waals surface area contributed by atoms with Crippen molar-refractivity contribution in [3.63, 3.8) is 0 Å². The summed E-state index contributed by atoms with van der Waals surface area (Å²) >= 11 is 0. The molecule has 1 aliphatic carbocycles. The predicted molar refractivity (Wildman–Crippen MR) is 103 cm³/mol. The van der Waals surface area contributed by atoms with Gasteiger partial charge >= 0.3 is 0 Å². The Morgan fingerprint density at radius 2 is 1.68 bits per heavy atom. The van der Waals surface area contributed by atoms with Gasteiger partial charge < -0.3 is 10.1 Å². The van der Waals surface area contributed by atoms with Gasteiger partial charge in [-0.05, 0) is 35.4 Å². The molecule has 0 radical (unpaired) electrons. The predicted octanol–water partition coefficient (Wildman–Crippen LogP) is 3.98. The first-order valence-electron chi connectivity index (χ1n) is 10.3. The lowest BCUT2D eigenvalue weighted by Gasteiger charge is -2.12. The number of benzene rings is 2. The highest BCUT2D eigenvalue weighted by Gasteiger charge is 2.44. The van der Waals surface area contributed by atoms with Gasteiger partial charge in [-0.2, -0.15) is 0 Å². The molecule has 2 aromatic rings. The number of hydrogen-bond acceptors (Lipinski definition) is 4. The fourth-order valence-electron chi connectivity index (χ4n) is 3.17. The Morgan fingerprint density at radius 3 is 2.29 bits per heavy atom. The number of hydroxylamine groups is 1. The van der Waals surface area contributed by atoms with E-state index in [1.165, 1.54) is 24.3 Å². The third-order valence-corrected chi connectivity index (χ3v) is 4.54. The zero-order valence-corrected chi connectivity index (χ0v) is 16.0. The third-order valence-electron chi connectivity index (χ3n) is 4.54. The van der Waals surface area contributed by atoms with Crippen LogP contribution in [0.5, 0.6) is 5.75 Å². The number of carbonyl (C=O) groups is 2. The molecule has 0 aromatic heterocycles. The first kappa shape index (κ1) is 18.4. The van der Waals surface area contributed by atoms with Gasteiger partial charge in [-0.3, -0.25) is 14.4 Å². The van der Waals surface area contributed by atoms with Crippen molar-refractivity contribution in [1.82, 2.24) is 5.48 Å². The Morgan fingerprint density at radius 1 is 1.03 bits per heavy atom. The SMILES string of the molecule is [2H]C([2H])([2H])Oc1cccc(-c2cc(F)c(NC(=O)C3=C(C(=O)NOC)CC(F)(F)C3)c(F)c2)c1. The van der Waals surface area contributed by atoms with E-state index in [0.717, 1.165) is 19.2 Å². The number of ether oxygens (including phenoxy) is 1. The van der Waals surface area contributed by atoms with Crippen LogP contribution in [0, 0.1) is 11.6 Å². The van der Waals surface area contributed by atoms with Crippen LogP contribution in [0.25, 0.3) is 11.1 Å². The second-order valence-corrected chi connectivity index (χ2v) is 6.70. The monoisotopic (exact) mass is 441 g/mol. The standard InChI is InChI=1S/C21H18F4N2O4/c1-30-13-5-3-4-11(6-13)12-7-16(22)18(17(23)8-12)26-19(28)14-9-21(24,25)10-15(14)20(29)27-31-2/h3-8H,9-10H2,1-2H3,(H,26,28)(H,27,29)/i1D3. The van der Waals surface area contributed by atoms with Crippen LogP contribution in [0.3, 0.4) is 0 Å². The fraction of sp³-hybridized carbons (Fsp3) is 0.238. The molecule has 2 aromatic carbocycles. The number of methoxy groups -OCH3 is 1. The molecule has 0 fully saturated rings. The van der Waals surface area contributed by atoms with Crippen LogP contribution in [-0.2, 0) is 14.4 Å². The van der Waals surface area contributed by atoms with E-state index < -0.39 is 66.1 Å². The number of nitrogens with one attached hydrogen (secondary N) is 2. The molecule has 0 spiro atoms. The molecule has 6 nitrogen and oxygen atoms in total. The molecule has 0 heterocycles. The van der Waals surface area contributed by atoms with Crippen LogP contribution in [0.2, 0.25) is 0 Å². The van der Waals surface area contributed by atoms with Gasteiger partial charge in [-0.15, -0.1) is 0 Å². The third kappa shape index (κ3) is 4.85. The Hall–Kier alpha value is -3.40. The molecule has 0 unspecified atom stereocenters. The number of rotatable bonds is 6. The Labute approximate surface area is 179 Å². The first-order valence-corrected chi connectivity index (χ1v) is 8.83. The average Bonchev–Trinajstić information content (AvgIpc) is 3.05. The minimum absolute atomic E-state index is 0.00392. The van der Waals surface area contributed by atoms with Crippen LogP contribution >= 0.6 is 0 Å². The smallest absolute Gasteiger partial charge is 0.271 e. The number of amides is 2. The normalized spacial score (nSPS) is 16.9. The molecule has 2 amide bonds. The molecule has 0 atom stereocenters. The van der Waals surface area contributed by atoms with E-state index in [1.54, 1.807) is 0 Å². The van der Waals surface area contributed by atoms with E-state index in [2.05, 4.69) is 4.84 Å². The molecule has 31 heavy (non-hydrogen) atoms. The van der Waals surface area contributed by atoms with Gasteiger partial charge in [0, 0.05) is 24.0 Å². The van der Waals surface area contributed by atoms with E-state index in [4.69, 9.17) is 8.85 Å². The highest BCUT2D eigenvalue weighted by molar-refractivity contribution is 6.11. The van der Waals surface area contributed by atoms with Crippen molar-refractivity contribution in [2.75, 3.05) is 19.5 Å². The van der Waals surface area contributed by atoms with Crippen LogP contribution in [0.4, 0.5) is 23.2 Å². The van der Waals surface area contributed by atoms with E-state index >= 15 is 0 Å². The lowest BCUT2D eigenvalue weighted by atomic mass is 10.0. The molecular weight excluding hydrogens is 420 g/mol. The second kappa shape index (κ2) is 8.76. The maximum Gasteiger partial charge on any atom is 0.271 e. The molecule has 1 aliphatic rings. The zero-order valence-electron chi connectivity index (χ0n) is 19.0. The van der Waals surface area contributed by atoms with Crippen molar-refractivity contribution in [2.45, 2.75) is 18.8 Å². The summed E-state index contributed by atoms with van der Waals surface area (Å²) in [6, 6.07) is 7.20. The number of anilines is 1. The largest absolute Gasteiger partial charge is 0.497 e. The van der Waals surface area contributed by atoms with Crippen LogP contribution in [0.15, 0.2) is 47.5 Å². The lowest BCUT2D eigenvalue weighted by Crippen LogP contribution is -2.26. The average molecular weight is 441 g/mol.